The van der Waals surface area contributed by atoms with Crippen molar-refractivity contribution in [1.82, 2.24) is 4.98 Å². The standard InChI is InChI=1S/C17H15N3O3S2/c21-17(19-13-4-7-16-15(10-13)18-11-24-16)12-2-5-14(6-3-12)20-8-1-9-25(20,22)23/h2-7,10-11H,1,8-9H2,(H,19,21). The van der Waals surface area contributed by atoms with Crippen LogP contribution in [0.5, 0.6) is 0 Å². The molecular weight excluding hydrogens is 358 g/mol. The first-order chi connectivity index (χ1) is 12.0. The topological polar surface area (TPSA) is 79.4 Å². The molecule has 0 aliphatic carbocycles. The van der Waals surface area contributed by atoms with Crippen LogP contribution in [0.15, 0.2) is 48.0 Å². The van der Waals surface area contributed by atoms with Gasteiger partial charge in [-0.1, -0.05) is 0 Å². The second kappa shape index (κ2) is 6.12. The van der Waals surface area contributed by atoms with E-state index in [2.05, 4.69) is 10.3 Å². The highest BCUT2D eigenvalue weighted by molar-refractivity contribution is 7.93. The Balaban J connectivity index is 1.52. The molecule has 0 saturated carbocycles. The summed E-state index contributed by atoms with van der Waals surface area (Å²) >= 11 is 1.55. The fourth-order valence-electron chi connectivity index (χ4n) is 2.85. The van der Waals surface area contributed by atoms with E-state index in [1.165, 1.54) is 4.31 Å². The number of hydrogen-bond donors (Lipinski definition) is 1. The molecule has 1 aliphatic rings. The van der Waals surface area contributed by atoms with Gasteiger partial charge in [0, 0.05) is 17.8 Å². The highest BCUT2D eigenvalue weighted by Gasteiger charge is 2.28. The quantitative estimate of drug-likeness (QED) is 0.765. The molecule has 3 aromatic rings. The zero-order chi connectivity index (χ0) is 17.4. The van der Waals surface area contributed by atoms with Crippen LogP contribution in [0.1, 0.15) is 16.8 Å². The lowest BCUT2D eigenvalue weighted by Gasteiger charge is -2.17. The monoisotopic (exact) mass is 373 g/mol. The number of fused-ring (bicyclic) bond motifs is 1. The summed E-state index contributed by atoms with van der Waals surface area (Å²) in [6.07, 6.45) is 0.629. The molecule has 0 spiro atoms. The lowest BCUT2D eigenvalue weighted by molar-refractivity contribution is 0.102. The normalized spacial score (nSPS) is 16.2. The fourth-order valence-corrected chi connectivity index (χ4v) is 5.07. The number of rotatable bonds is 3. The average Bonchev–Trinajstić information content (AvgIpc) is 3.20. The van der Waals surface area contributed by atoms with Crippen molar-refractivity contribution in [3.05, 3.63) is 53.5 Å². The molecule has 1 fully saturated rings. The molecule has 0 atom stereocenters. The third kappa shape index (κ3) is 3.10. The molecule has 128 valence electrons. The van der Waals surface area contributed by atoms with Gasteiger partial charge in [-0.2, -0.15) is 0 Å². The van der Waals surface area contributed by atoms with Gasteiger partial charge < -0.3 is 5.32 Å². The van der Waals surface area contributed by atoms with Crippen LogP contribution >= 0.6 is 11.3 Å². The second-order valence-electron chi connectivity index (χ2n) is 5.78. The summed E-state index contributed by atoms with van der Waals surface area (Å²) in [6, 6.07) is 12.2. The van der Waals surface area contributed by atoms with Crippen molar-refractivity contribution in [2.45, 2.75) is 6.42 Å². The molecule has 6 nitrogen and oxygen atoms in total. The molecule has 0 radical (unpaired) electrons. The number of nitrogens with one attached hydrogen (secondary N) is 1. The molecule has 4 rings (SSSR count). The molecule has 1 aromatic heterocycles. The summed E-state index contributed by atoms with van der Waals surface area (Å²) in [4.78, 5) is 16.6. The van der Waals surface area contributed by atoms with Gasteiger partial charge in [0.2, 0.25) is 10.0 Å². The van der Waals surface area contributed by atoms with Gasteiger partial charge in [-0.05, 0) is 48.9 Å². The third-order valence-corrected chi connectivity index (χ3v) is 6.78. The zero-order valence-electron chi connectivity index (χ0n) is 13.2. The number of sulfonamides is 1. The number of anilines is 2. The number of benzene rings is 2. The van der Waals surface area contributed by atoms with Gasteiger partial charge in [0.1, 0.15) is 0 Å². The van der Waals surface area contributed by atoms with Crippen LogP contribution in [-0.4, -0.2) is 31.6 Å². The minimum atomic E-state index is -3.21. The smallest absolute Gasteiger partial charge is 0.255 e. The van der Waals surface area contributed by atoms with Crippen molar-refractivity contribution in [2.75, 3.05) is 21.9 Å². The van der Waals surface area contributed by atoms with E-state index in [1.807, 2.05) is 18.2 Å². The van der Waals surface area contributed by atoms with E-state index in [9.17, 15) is 13.2 Å². The Labute approximate surface area is 149 Å². The SMILES string of the molecule is O=C(Nc1ccc2scnc2c1)c1ccc(N2CCCS2(=O)=O)cc1. The Hall–Kier alpha value is -2.45. The van der Waals surface area contributed by atoms with Crippen LogP contribution in [-0.2, 0) is 10.0 Å². The first kappa shape index (κ1) is 16.0. The first-order valence-corrected chi connectivity index (χ1v) is 10.3. The molecule has 2 heterocycles. The van der Waals surface area contributed by atoms with Gasteiger partial charge in [-0.3, -0.25) is 9.10 Å². The lowest BCUT2D eigenvalue weighted by atomic mass is 10.2. The van der Waals surface area contributed by atoms with E-state index < -0.39 is 10.0 Å². The van der Waals surface area contributed by atoms with Gasteiger partial charge in [0.25, 0.3) is 5.91 Å². The van der Waals surface area contributed by atoms with Crippen LogP contribution in [0.3, 0.4) is 0 Å². The number of amides is 1. The van der Waals surface area contributed by atoms with E-state index in [-0.39, 0.29) is 11.7 Å². The summed E-state index contributed by atoms with van der Waals surface area (Å²) in [7, 11) is -3.21. The maximum atomic E-state index is 12.4. The fraction of sp³-hybridized carbons (Fsp3) is 0.176. The number of carbonyl (C=O) groups excluding carboxylic acids is 1. The molecule has 25 heavy (non-hydrogen) atoms. The van der Waals surface area contributed by atoms with Gasteiger partial charge >= 0.3 is 0 Å². The Morgan fingerprint density at radius 3 is 2.68 bits per heavy atom. The Morgan fingerprint density at radius 1 is 1.16 bits per heavy atom. The van der Waals surface area contributed by atoms with Crippen LogP contribution in [0.4, 0.5) is 11.4 Å². The van der Waals surface area contributed by atoms with Gasteiger partial charge in [0.15, 0.2) is 0 Å². The van der Waals surface area contributed by atoms with Crippen LogP contribution < -0.4 is 9.62 Å². The van der Waals surface area contributed by atoms with Crippen molar-refractivity contribution in [2.24, 2.45) is 0 Å². The highest BCUT2D eigenvalue weighted by atomic mass is 32.2. The van der Waals surface area contributed by atoms with E-state index in [4.69, 9.17) is 0 Å². The Bertz CT molecular complexity index is 1040. The predicted octanol–water partition coefficient (Wildman–Crippen LogP) is 3.09. The van der Waals surface area contributed by atoms with Crippen molar-refractivity contribution in [3.63, 3.8) is 0 Å². The van der Waals surface area contributed by atoms with Gasteiger partial charge in [0.05, 0.1) is 27.2 Å². The largest absolute Gasteiger partial charge is 0.322 e. The number of hydrogen-bond acceptors (Lipinski definition) is 5. The summed E-state index contributed by atoms with van der Waals surface area (Å²) in [5.74, 6) is -0.0701. The molecule has 1 N–H and O–H groups in total. The Morgan fingerprint density at radius 2 is 1.96 bits per heavy atom. The molecule has 1 aliphatic heterocycles. The number of thiazole rings is 1. The highest BCUT2D eigenvalue weighted by Crippen LogP contribution is 2.25. The van der Waals surface area contributed by atoms with Crippen molar-refractivity contribution >= 4 is 48.9 Å². The van der Waals surface area contributed by atoms with E-state index >= 15 is 0 Å². The predicted molar refractivity (Wildman–Crippen MR) is 99.8 cm³/mol. The molecule has 1 saturated heterocycles. The van der Waals surface area contributed by atoms with Crippen molar-refractivity contribution < 1.29 is 13.2 Å². The Kier molecular flexibility index (Phi) is 3.93. The molecule has 2 aromatic carbocycles. The average molecular weight is 373 g/mol. The maximum absolute atomic E-state index is 12.4. The molecular formula is C17H15N3O3S2. The van der Waals surface area contributed by atoms with E-state index in [0.717, 1.165) is 10.2 Å². The van der Waals surface area contributed by atoms with Crippen LogP contribution in [0, 0.1) is 0 Å². The van der Waals surface area contributed by atoms with E-state index in [1.54, 1.807) is 41.1 Å². The van der Waals surface area contributed by atoms with Gasteiger partial charge in [-0.15, -0.1) is 11.3 Å². The van der Waals surface area contributed by atoms with E-state index in [0.29, 0.717) is 29.9 Å². The zero-order valence-corrected chi connectivity index (χ0v) is 14.8. The molecule has 8 heteroatoms. The minimum absolute atomic E-state index is 0.175. The maximum Gasteiger partial charge on any atom is 0.255 e. The molecule has 0 bridgehead atoms. The third-order valence-electron chi connectivity index (χ3n) is 4.11. The summed E-state index contributed by atoms with van der Waals surface area (Å²) < 4.78 is 26.4. The number of carbonyl (C=O) groups is 1. The molecule has 1 amide bonds. The van der Waals surface area contributed by atoms with Crippen molar-refractivity contribution in [1.29, 1.82) is 0 Å². The summed E-state index contributed by atoms with van der Waals surface area (Å²) in [5.41, 5.74) is 4.35. The first-order valence-electron chi connectivity index (χ1n) is 7.78. The number of nitrogens with zero attached hydrogens (tertiary/aromatic N) is 2. The van der Waals surface area contributed by atoms with Crippen LogP contribution in [0.2, 0.25) is 0 Å². The van der Waals surface area contributed by atoms with Crippen LogP contribution in [0.25, 0.3) is 10.2 Å². The summed E-state index contributed by atoms with van der Waals surface area (Å²) in [5, 5.41) is 2.84. The number of aromatic nitrogens is 1. The van der Waals surface area contributed by atoms with Crippen molar-refractivity contribution in [3.8, 4) is 0 Å². The second-order valence-corrected chi connectivity index (χ2v) is 8.68. The lowest BCUT2D eigenvalue weighted by Crippen LogP contribution is -2.25. The molecule has 0 unspecified atom stereocenters. The summed E-state index contributed by atoms with van der Waals surface area (Å²) in [6.45, 7) is 0.488. The van der Waals surface area contributed by atoms with Gasteiger partial charge in [-0.25, -0.2) is 13.4 Å². The minimum Gasteiger partial charge on any atom is -0.322 e.